The first-order valence-electron chi connectivity index (χ1n) is 7.35. The van der Waals surface area contributed by atoms with Gasteiger partial charge < -0.3 is 4.90 Å². The van der Waals surface area contributed by atoms with Gasteiger partial charge in [0.15, 0.2) is 11.6 Å². The highest BCUT2D eigenvalue weighted by atomic mass is 19.2. The van der Waals surface area contributed by atoms with Gasteiger partial charge in [-0.2, -0.15) is 0 Å². The third kappa shape index (κ3) is 3.72. The van der Waals surface area contributed by atoms with E-state index >= 15 is 0 Å². The monoisotopic (exact) mass is 324 g/mol. The fraction of sp³-hybridized carbons (Fsp3) is 0.438. The van der Waals surface area contributed by atoms with E-state index < -0.39 is 17.7 Å². The summed E-state index contributed by atoms with van der Waals surface area (Å²) in [5.74, 6) is -2.72. The summed E-state index contributed by atoms with van der Waals surface area (Å²) in [4.78, 5) is 37.7. The molecule has 0 radical (unpaired) electrons. The van der Waals surface area contributed by atoms with Crippen molar-refractivity contribution < 1.29 is 23.2 Å². The van der Waals surface area contributed by atoms with Crippen LogP contribution in [0.25, 0.3) is 0 Å². The molecular formula is C16H18F2N2O3. The van der Waals surface area contributed by atoms with Gasteiger partial charge in [-0.3, -0.25) is 19.3 Å². The molecule has 3 amide bonds. The molecule has 23 heavy (non-hydrogen) atoms. The minimum atomic E-state index is -0.969. The van der Waals surface area contributed by atoms with Crippen LogP contribution in [0.1, 0.15) is 37.8 Å². The molecule has 5 nitrogen and oxygen atoms in total. The van der Waals surface area contributed by atoms with E-state index in [0.717, 1.165) is 17.0 Å². The van der Waals surface area contributed by atoms with E-state index in [1.54, 1.807) is 14.0 Å². The zero-order valence-corrected chi connectivity index (χ0v) is 13.0. The molecule has 0 bridgehead atoms. The SMILES string of the molecule is CC(c1ccc(F)c(F)c1)N(C)C(=O)CCN1C(=O)CCC1=O. The van der Waals surface area contributed by atoms with Crippen LogP contribution in [0.2, 0.25) is 0 Å². The molecule has 0 aromatic heterocycles. The number of likely N-dealkylation sites (tertiary alicyclic amines) is 1. The van der Waals surface area contributed by atoms with Crippen LogP contribution in [0.3, 0.4) is 0 Å². The van der Waals surface area contributed by atoms with Crippen molar-refractivity contribution >= 4 is 17.7 Å². The fourth-order valence-electron chi connectivity index (χ4n) is 2.47. The number of hydrogen-bond acceptors (Lipinski definition) is 3. The van der Waals surface area contributed by atoms with Crippen molar-refractivity contribution in [2.24, 2.45) is 0 Å². The van der Waals surface area contributed by atoms with Crippen LogP contribution in [0.4, 0.5) is 8.78 Å². The van der Waals surface area contributed by atoms with E-state index in [1.807, 2.05) is 0 Å². The molecule has 1 saturated heterocycles. The van der Waals surface area contributed by atoms with Gasteiger partial charge in [0.1, 0.15) is 0 Å². The Bertz CT molecular complexity index is 632. The first-order chi connectivity index (χ1) is 10.8. The van der Waals surface area contributed by atoms with Gasteiger partial charge >= 0.3 is 0 Å². The molecule has 1 aromatic carbocycles. The van der Waals surface area contributed by atoms with Crippen LogP contribution < -0.4 is 0 Å². The van der Waals surface area contributed by atoms with Crippen LogP contribution in [-0.4, -0.2) is 41.1 Å². The van der Waals surface area contributed by atoms with Crippen molar-refractivity contribution in [3.05, 3.63) is 35.4 Å². The van der Waals surface area contributed by atoms with E-state index in [-0.39, 0.29) is 43.5 Å². The number of rotatable bonds is 5. The molecule has 1 aromatic rings. The molecule has 2 rings (SSSR count). The largest absolute Gasteiger partial charge is 0.339 e. The normalized spacial score (nSPS) is 15.9. The number of hydrogen-bond donors (Lipinski definition) is 0. The molecule has 0 N–H and O–H groups in total. The molecule has 1 fully saturated rings. The Morgan fingerprint density at radius 3 is 2.39 bits per heavy atom. The molecule has 1 atom stereocenters. The minimum Gasteiger partial charge on any atom is -0.339 e. The molecule has 7 heteroatoms. The van der Waals surface area contributed by atoms with E-state index in [9.17, 15) is 23.2 Å². The quantitative estimate of drug-likeness (QED) is 0.779. The number of carbonyl (C=O) groups excluding carboxylic acids is 3. The van der Waals surface area contributed by atoms with Gasteiger partial charge in [-0.1, -0.05) is 6.07 Å². The van der Waals surface area contributed by atoms with Gasteiger partial charge in [0.05, 0.1) is 6.04 Å². The summed E-state index contributed by atoms with van der Waals surface area (Å²) >= 11 is 0. The number of halogens is 2. The second-order valence-corrected chi connectivity index (χ2v) is 5.54. The van der Waals surface area contributed by atoms with Crippen LogP contribution >= 0.6 is 0 Å². The molecule has 0 saturated carbocycles. The lowest BCUT2D eigenvalue weighted by Gasteiger charge is -2.26. The molecule has 1 aliphatic heterocycles. The van der Waals surface area contributed by atoms with E-state index in [4.69, 9.17) is 0 Å². The second-order valence-electron chi connectivity index (χ2n) is 5.54. The summed E-state index contributed by atoms with van der Waals surface area (Å²) in [5, 5.41) is 0. The van der Waals surface area contributed by atoms with Crippen LogP contribution in [-0.2, 0) is 14.4 Å². The topological polar surface area (TPSA) is 57.7 Å². The molecule has 1 unspecified atom stereocenters. The van der Waals surface area contributed by atoms with Crippen molar-refractivity contribution in [2.75, 3.05) is 13.6 Å². The lowest BCUT2D eigenvalue weighted by molar-refractivity contribution is -0.139. The highest BCUT2D eigenvalue weighted by Gasteiger charge is 2.29. The Morgan fingerprint density at radius 1 is 1.22 bits per heavy atom. The van der Waals surface area contributed by atoms with Crippen molar-refractivity contribution in [1.82, 2.24) is 9.80 Å². The molecule has 0 aliphatic carbocycles. The van der Waals surface area contributed by atoms with Crippen molar-refractivity contribution in [1.29, 1.82) is 0 Å². The van der Waals surface area contributed by atoms with Gasteiger partial charge in [-0.15, -0.1) is 0 Å². The first kappa shape index (κ1) is 17.1. The lowest BCUT2D eigenvalue weighted by Crippen LogP contribution is -2.35. The Balaban J connectivity index is 1.97. The van der Waals surface area contributed by atoms with Gasteiger partial charge in [0.2, 0.25) is 17.7 Å². The zero-order chi connectivity index (χ0) is 17.1. The average Bonchev–Trinajstić information content (AvgIpc) is 2.84. The summed E-state index contributed by atoms with van der Waals surface area (Å²) < 4.78 is 26.2. The summed E-state index contributed by atoms with van der Waals surface area (Å²) in [6.07, 6.45) is 0.379. The third-order valence-corrected chi connectivity index (χ3v) is 4.10. The Labute approximate surface area is 132 Å². The highest BCUT2D eigenvalue weighted by molar-refractivity contribution is 6.02. The van der Waals surface area contributed by atoms with Crippen molar-refractivity contribution in [3.63, 3.8) is 0 Å². The Hall–Kier alpha value is -2.31. The zero-order valence-electron chi connectivity index (χ0n) is 13.0. The predicted molar refractivity (Wildman–Crippen MR) is 78.1 cm³/mol. The number of imide groups is 1. The Kier molecular flexibility index (Phi) is 5.08. The number of carbonyl (C=O) groups is 3. The third-order valence-electron chi connectivity index (χ3n) is 4.10. The molecule has 0 spiro atoms. The molecule has 1 heterocycles. The maximum Gasteiger partial charge on any atom is 0.229 e. The van der Waals surface area contributed by atoms with Gasteiger partial charge in [0, 0.05) is 32.9 Å². The highest BCUT2D eigenvalue weighted by Crippen LogP contribution is 2.22. The molecule has 1 aliphatic rings. The summed E-state index contributed by atoms with van der Waals surface area (Å²) in [5.41, 5.74) is 0.466. The number of benzene rings is 1. The summed E-state index contributed by atoms with van der Waals surface area (Å²) in [6, 6.07) is 3.03. The number of amides is 3. The van der Waals surface area contributed by atoms with Gasteiger partial charge in [-0.05, 0) is 24.6 Å². The Morgan fingerprint density at radius 2 is 1.83 bits per heavy atom. The van der Waals surface area contributed by atoms with Crippen LogP contribution in [0.5, 0.6) is 0 Å². The van der Waals surface area contributed by atoms with Gasteiger partial charge in [-0.25, -0.2) is 8.78 Å². The van der Waals surface area contributed by atoms with Crippen molar-refractivity contribution in [3.8, 4) is 0 Å². The maximum atomic E-state index is 13.3. The smallest absolute Gasteiger partial charge is 0.229 e. The summed E-state index contributed by atoms with van der Waals surface area (Å²) in [7, 11) is 1.54. The molecular weight excluding hydrogens is 306 g/mol. The van der Waals surface area contributed by atoms with Crippen LogP contribution in [0.15, 0.2) is 18.2 Å². The average molecular weight is 324 g/mol. The van der Waals surface area contributed by atoms with E-state index in [1.165, 1.54) is 11.0 Å². The second kappa shape index (κ2) is 6.85. The first-order valence-corrected chi connectivity index (χ1v) is 7.35. The van der Waals surface area contributed by atoms with Gasteiger partial charge in [0.25, 0.3) is 0 Å². The van der Waals surface area contributed by atoms with Crippen LogP contribution in [0, 0.1) is 11.6 Å². The lowest BCUT2D eigenvalue weighted by atomic mass is 10.1. The number of nitrogens with zero attached hydrogens (tertiary/aromatic N) is 2. The minimum absolute atomic E-state index is 0.00198. The van der Waals surface area contributed by atoms with E-state index in [2.05, 4.69) is 0 Å². The van der Waals surface area contributed by atoms with E-state index in [0.29, 0.717) is 5.56 Å². The predicted octanol–water partition coefficient (Wildman–Crippen LogP) is 2.02. The summed E-state index contributed by atoms with van der Waals surface area (Å²) in [6.45, 7) is 1.74. The van der Waals surface area contributed by atoms with Crippen molar-refractivity contribution in [2.45, 2.75) is 32.2 Å². The maximum absolute atomic E-state index is 13.3. The molecule has 124 valence electrons. The fourth-order valence-corrected chi connectivity index (χ4v) is 2.47. The standard InChI is InChI=1S/C16H18F2N2O3/c1-10(11-3-4-12(17)13(18)9-11)19(2)14(21)7-8-20-15(22)5-6-16(20)23/h3-4,9-10H,5-8H2,1-2H3.